The van der Waals surface area contributed by atoms with Crippen molar-refractivity contribution in [3.8, 4) is 0 Å². The lowest BCUT2D eigenvalue weighted by Crippen LogP contribution is -2.32. The molecule has 3 aliphatic rings. The van der Waals surface area contributed by atoms with Crippen LogP contribution in [0, 0.1) is 11.8 Å². The van der Waals surface area contributed by atoms with E-state index in [4.69, 9.17) is 4.74 Å². The van der Waals surface area contributed by atoms with E-state index in [-0.39, 0.29) is 34.8 Å². The van der Waals surface area contributed by atoms with Gasteiger partial charge in [0.2, 0.25) is 0 Å². The minimum Gasteiger partial charge on any atom is -0.483 e. The fourth-order valence-electron chi connectivity index (χ4n) is 6.22. The summed E-state index contributed by atoms with van der Waals surface area (Å²) in [6.07, 6.45) is 11.2. The first-order chi connectivity index (χ1) is 20.2. The van der Waals surface area contributed by atoms with Crippen molar-refractivity contribution in [1.82, 2.24) is 0 Å². The average Bonchev–Trinajstić information content (AvgIpc) is 3.70. The number of hydrogen-bond donors (Lipinski definition) is 0. The van der Waals surface area contributed by atoms with E-state index in [9.17, 15) is 14.4 Å². The maximum Gasteiger partial charge on any atom is 0.163 e. The van der Waals surface area contributed by atoms with Crippen LogP contribution in [0.2, 0.25) is 0 Å². The number of fused-ring (bicyclic) bond motifs is 2. The monoisotopic (exact) mass is 560 g/mol. The van der Waals surface area contributed by atoms with Gasteiger partial charge in [-0.15, -0.1) is 5.73 Å². The Morgan fingerprint density at radius 2 is 1.69 bits per heavy atom. The van der Waals surface area contributed by atoms with Crippen molar-refractivity contribution in [3.05, 3.63) is 126 Å². The van der Waals surface area contributed by atoms with Crippen molar-refractivity contribution in [2.45, 2.75) is 70.3 Å². The molecule has 4 heteroatoms. The van der Waals surface area contributed by atoms with Crippen LogP contribution in [0.3, 0.4) is 0 Å². The smallest absolute Gasteiger partial charge is 0.163 e. The van der Waals surface area contributed by atoms with Crippen LogP contribution in [0.15, 0.2) is 104 Å². The molecule has 1 fully saturated rings. The average molecular weight is 561 g/mol. The lowest BCUT2D eigenvalue weighted by molar-refractivity contribution is -0.115. The zero-order valence-corrected chi connectivity index (χ0v) is 24.8. The van der Waals surface area contributed by atoms with Crippen LogP contribution in [0.1, 0.15) is 90.6 Å². The molecule has 0 bridgehead atoms. The van der Waals surface area contributed by atoms with Crippen LogP contribution < -0.4 is 0 Å². The SMILES string of the molecule is C=C=C(CCC(=C=C)c1ccccc1C(C)=O)O[C@H]1C=CC(C)C1.C=CC(=O)CC1CC(=O)c2ccccc2C12CC2. The van der Waals surface area contributed by atoms with Gasteiger partial charge < -0.3 is 4.74 Å². The molecule has 0 aliphatic heterocycles. The number of rotatable bonds is 10. The van der Waals surface area contributed by atoms with Gasteiger partial charge in [-0.25, -0.2) is 0 Å². The van der Waals surface area contributed by atoms with E-state index < -0.39 is 0 Å². The van der Waals surface area contributed by atoms with E-state index >= 15 is 0 Å². The van der Waals surface area contributed by atoms with Crippen LogP contribution in [0.5, 0.6) is 0 Å². The van der Waals surface area contributed by atoms with E-state index in [1.54, 1.807) is 6.92 Å². The fraction of sp³-hybridized carbons (Fsp3) is 0.342. The van der Waals surface area contributed by atoms with Crippen molar-refractivity contribution in [1.29, 1.82) is 0 Å². The van der Waals surface area contributed by atoms with Crippen LogP contribution in [0.25, 0.3) is 5.57 Å². The Morgan fingerprint density at radius 1 is 1.00 bits per heavy atom. The minimum absolute atomic E-state index is 0.0409. The number of allylic oxidation sites excluding steroid dienone is 4. The quantitative estimate of drug-likeness (QED) is 0.0960. The highest BCUT2D eigenvalue weighted by Crippen LogP contribution is 2.59. The summed E-state index contributed by atoms with van der Waals surface area (Å²) in [6.45, 7) is 14.8. The summed E-state index contributed by atoms with van der Waals surface area (Å²) in [6, 6.07) is 15.4. The van der Waals surface area contributed by atoms with Gasteiger partial charge in [0.05, 0.1) is 0 Å². The van der Waals surface area contributed by atoms with Crippen molar-refractivity contribution in [2.75, 3.05) is 0 Å². The second-order valence-corrected chi connectivity index (χ2v) is 11.5. The topological polar surface area (TPSA) is 60.4 Å². The number of hydrogen-bond acceptors (Lipinski definition) is 4. The second-order valence-electron chi connectivity index (χ2n) is 11.5. The Bertz CT molecular complexity index is 1500. The molecule has 3 aliphatic carbocycles. The Labute approximate surface area is 249 Å². The van der Waals surface area contributed by atoms with E-state index in [1.165, 1.54) is 11.6 Å². The second kappa shape index (κ2) is 13.6. The van der Waals surface area contributed by atoms with E-state index in [2.05, 4.69) is 56.3 Å². The Hall–Kier alpha value is -4.23. The van der Waals surface area contributed by atoms with Crippen LogP contribution in [0.4, 0.5) is 0 Å². The summed E-state index contributed by atoms with van der Waals surface area (Å²) >= 11 is 0. The third-order valence-electron chi connectivity index (χ3n) is 8.64. The maximum atomic E-state index is 12.1. The lowest BCUT2D eigenvalue weighted by Gasteiger charge is -2.32. The molecule has 0 saturated heterocycles. The highest BCUT2D eigenvalue weighted by atomic mass is 16.5. The van der Waals surface area contributed by atoms with Gasteiger partial charge in [-0.1, -0.05) is 87.0 Å². The van der Waals surface area contributed by atoms with Crippen LogP contribution in [-0.2, 0) is 14.9 Å². The first-order valence-electron chi connectivity index (χ1n) is 14.7. The molecule has 1 spiro atoms. The first-order valence-corrected chi connectivity index (χ1v) is 14.7. The van der Waals surface area contributed by atoms with E-state index in [1.807, 2.05) is 42.5 Å². The number of benzene rings is 2. The van der Waals surface area contributed by atoms with Gasteiger partial charge in [0.25, 0.3) is 0 Å². The third-order valence-corrected chi connectivity index (χ3v) is 8.64. The summed E-state index contributed by atoms with van der Waals surface area (Å²) in [7, 11) is 0. The van der Waals surface area contributed by atoms with Crippen LogP contribution in [-0.4, -0.2) is 23.5 Å². The zero-order chi connectivity index (χ0) is 30.3. The van der Waals surface area contributed by atoms with Crippen LogP contribution >= 0.6 is 0 Å². The molecule has 2 aromatic carbocycles. The van der Waals surface area contributed by atoms with E-state index in [0.29, 0.717) is 37.2 Å². The highest BCUT2D eigenvalue weighted by Gasteiger charge is 2.54. The molecule has 0 amide bonds. The summed E-state index contributed by atoms with van der Waals surface area (Å²) in [5, 5.41) is 0. The Balaban J connectivity index is 0.000000200. The number of Topliss-reactive ketones (excluding diaryl/α,β-unsaturated/α-hetero) is 2. The standard InChI is InChI=1S/C22H24O2.C16H16O2/c1-5-18(22-10-8-7-9-21(22)17(4)23)12-14-19(6-2)24-20-13-11-16(3)15-20;1-2-12(17)9-11-10-15(18)13-5-3-4-6-14(13)16(11)7-8-16/h7-11,13,16,20H,1-2,12,14-15H2,3-4H3;2-6,11H,1,7-10H2/t16?,20-;/m0./s1. The van der Waals surface area contributed by atoms with Crippen molar-refractivity contribution in [2.24, 2.45) is 11.8 Å². The molecule has 0 aromatic heterocycles. The normalized spacial score (nSPS) is 20.7. The van der Waals surface area contributed by atoms with Gasteiger partial charge in [0.15, 0.2) is 17.3 Å². The summed E-state index contributed by atoms with van der Waals surface area (Å²) < 4.78 is 5.97. The summed E-state index contributed by atoms with van der Waals surface area (Å²) in [5.41, 5.74) is 10.5. The first kappa shape index (κ1) is 30.7. The lowest BCUT2D eigenvalue weighted by atomic mass is 9.70. The Kier molecular flexibility index (Phi) is 9.96. The molecule has 4 nitrogen and oxygen atoms in total. The molecule has 1 saturated carbocycles. The molecular weight excluding hydrogens is 520 g/mol. The molecule has 2 aromatic rings. The van der Waals surface area contributed by atoms with E-state index in [0.717, 1.165) is 41.7 Å². The molecule has 2 unspecified atom stereocenters. The molecule has 5 rings (SSSR count). The molecular formula is C38H40O4. The van der Waals surface area contributed by atoms with Gasteiger partial charge in [0.1, 0.15) is 11.9 Å². The number of carbonyl (C=O) groups is 3. The maximum absolute atomic E-state index is 12.1. The minimum atomic E-state index is 0.0409. The van der Waals surface area contributed by atoms with Gasteiger partial charge in [-0.05, 0) is 73.1 Å². The molecule has 0 N–H and O–H groups in total. The van der Waals surface area contributed by atoms with Crippen molar-refractivity contribution >= 4 is 22.9 Å². The molecule has 0 heterocycles. The van der Waals surface area contributed by atoms with Gasteiger partial charge in [-0.3, -0.25) is 14.4 Å². The third kappa shape index (κ3) is 6.97. The number of ether oxygens (including phenoxy) is 1. The summed E-state index contributed by atoms with van der Waals surface area (Å²) in [5.74, 6) is 1.74. The van der Waals surface area contributed by atoms with Crippen molar-refractivity contribution < 1.29 is 19.1 Å². The molecule has 0 radical (unpaired) electrons. The van der Waals surface area contributed by atoms with Crippen molar-refractivity contribution in [3.63, 3.8) is 0 Å². The van der Waals surface area contributed by atoms with Gasteiger partial charge in [0, 0.05) is 36.0 Å². The zero-order valence-electron chi connectivity index (χ0n) is 24.8. The fourth-order valence-corrected chi connectivity index (χ4v) is 6.22. The molecule has 3 atom stereocenters. The predicted molar refractivity (Wildman–Crippen MR) is 168 cm³/mol. The highest BCUT2D eigenvalue weighted by molar-refractivity contribution is 6.01. The number of carbonyl (C=O) groups excluding carboxylic acids is 3. The molecule has 42 heavy (non-hydrogen) atoms. The summed E-state index contributed by atoms with van der Waals surface area (Å²) in [4.78, 5) is 35.5. The Morgan fingerprint density at radius 3 is 2.29 bits per heavy atom. The van der Waals surface area contributed by atoms with Gasteiger partial charge >= 0.3 is 0 Å². The van der Waals surface area contributed by atoms with Gasteiger partial charge in [-0.2, -0.15) is 0 Å². The number of ketones is 3. The largest absolute Gasteiger partial charge is 0.483 e. The predicted octanol–water partition coefficient (Wildman–Crippen LogP) is 8.55. The molecule has 216 valence electrons.